The fourth-order valence-electron chi connectivity index (χ4n) is 2.75. The maximum absolute atomic E-state index is 13.8. The average molecular weight is 370 g/mol. The maximum atomic E-state index is 13.8. The van der Waals surface area contributed by atoms with E-state index in [-0.39, 0.29) is 11.6 Å². The van der Waals surface area contributed by atoms with Crippen LogP contribution in [0.15, 0.2) is 60.7 Å². The highest BCUT2D eigenvalue weighted by Gasteiger charge is 2.00. The summed E-state index contributed by atoms with van der Waals surface area (Å²) in [5, 5.41) is 0. The van der Waals surface area contributed by atoms with Crippen LogP contribution in [0.2, 0.25) is 0 Å². The predicted octanol–water partition coefficient (Wildman–Crippen LogP) is 5.89. The van der Waals surface area contributed by atoms with Crippen molar-refractivity contribution in [3.63, 3.8) is 0 Å². The summed E-state index contributed by atoms with van der Waals surface area (Å²) in [6.45, 7) is 3.84. The Labute approximate surface area is 165 Å². The largest absolute Gasteiger partial charge is 0.207 e. The van der Waals surface area contributed by atoms with Gasteiger partial charge in [0, 0.05) is 22.3 Å². The van der Waals surface area contributed by atoms with Crippen molar-refractivity contribution in [3.05, 3.63) is 106 Å². The molecule has 0 heterocycles. The summed E-state index contributed by atoms with van der Waals surface area (Å²) in [5.74, 6) is 11.6. The van der Waals surface area contributed by atoms with Crippen molar-refractivity contribution in [3.8, 4) is 23.7 Å². The zero-order valence-corrected chi connectivity index (χ0v) is 15.9. The normalized spacial score (nSPS) is 9.86. The minimum Gasteiger partial charge on any atom is -0.207 e. The van der Waals surface area contributed by atoms with Gasteiger partial charge in [0.05, 0.1) is 0 Å². The lowest BCUT2D eigenvalue weighted by molar-refractivity contribution is 0.611. The van der Waals surface area contributed by atoms with Gasteiger partial charge in [0.2, 0.25) is 0 Å². The quantitative estimate of drug-likeness (QED) is 0.494. The second-order valence-electron chi connectivity index (χ2n) is 6.40. The van der Waals surface area contributed by atoms with Gasteiger partial charge < -0.3 is 0 Å². The fourth-order valence-corrected chi connectivity index (χ4v) is 2.75. The van der Waals surface area contributed by atoms with E-state index in [1.54, 1.807) is 12.1 Å². The van der Waals surface area contributed by atoms with Gasteiger partial charge in [-0.3, -0.25) is 0 Å². The molecule has 0 amide bonds. The molecule has 0 aliphatic rings. The third-order valence-electron chi connectivity index (χ3n) is 4.46. The molecular formula is C26H20F2. The summed E-state index contributed by atoms with van der Waals surface area (Å²) in [6, 6.07) is 17.6. The van der Waals surface area contributed by atoms with Crippen molar-refractivity contribution < 1.29 is 8.78 Å². The number of hydrogen-bond donors (Lipinski definition) is 0. The Kier molecular flexibility index (Phi) is 6.25. The van der Waals surface area contributed by atoms with Gasteiger partial charge in [-0.2, -0.15) is 0 Å². The summed E-state index contributed by atoms with van der Waals surface area (Å²) >= 11 is 0. The average Bonchev–Trinajstić information content (AvgIpc) is 2.71. The Morgan fingerprint density at radius 2 is 0.857 bits per heavy atom. The van der Waals surface area contributed by atoms with Crippen LogP contribution in [-0.4, -0.2) is 0 Å². The van der Waals surface area contributed by atoms with E-state index in [9.17, 15) is 8.78 Å². The van der Waals surface area contributed by atoms with Crippen LogP contribution in [0, 0.1) is 35.3 Å². The third-order valence-corrected chi connectivity index (χ3v) is 4.46. The minimum absolute atomic E-state index is 0.219. The van der Waals surface area contributed by atoms with Crippen LogP contribution in [0.1, 0.15) is 47.2 Å². The van der Waals surface area contributed by atoms with Crippen molar-refractivity contribution in [1.82, 2.24) is 0 Å². The number of benzene rings is 3. The highest BCUT2D eigenvalue weighted by atomic mass is 19.1. The molecule has 28 heavy (non-hydrogen) atoms. The molecule has 0 radical (unpaired) electrons. The van der Waals surface area contributed by atoms with E-state index in [0.29, 0.717) is 35.1 Å². The molecule has 0 saturated heterocycles. The van der Waals surface area contributed by atoms with Crippen LogP contribution >= 0.6 is 0 Å². The van der Waals surface area contributed by atoms with E-state index in [1.807, 2.05) is 50.2 Å². The van der Waals surface area contributed by atoms with Crippen LogP contribution in [0.3, 0.4) is 0 Å². The molecule has 0 bridgehead atoms. The van der Waals surface area contributed by atoms with Gasteiger partial charge in [0.15, 0.2) is 0 Å². The molecule has 0 N–H and O–H groups in total. The first kappa shape index (κ1) is 19.4. The van der Waals surface area contributed by atoms with E-state index < -0.39 is 0 Å². The summed E-state index contributed by atoms with van der Waals surface area (Å²) in [5.41, 5.74) is 4.33. The first-order chi connectivity index (χ1) is 13.6. The smallest absolute Gasteiger partial charge is 0.127 e. The molecule has 138 valence electrons. The highest BCUT2D eigenvalue weighted by molar-refractivity contribution is 5.48. The number of hydrogen-bond acceptors (Lipinski definition) is 0. The highest BCUT2D eigenvalue weighted by Crippen LogP contribution is 2.12. The lowest BCUT2D eigenvalue weighted by Crippen LogP contribution is -1.88. The van der Waals surface area contributed by atoms with Gasteiger partial charge in [0.1, 0.15) is 11.6 Å². The van der Waals surface area contributed by atoms with Crippen LogP contribution < -0.4 is 0 Å². The van der Waals surface area contributed by atoms with E-state index in [1.165, 1.54) is 12.1 Å². The van der Waals surface area contributed by atoms with Crippen molar-refractivity contribution >= 4 is 0 Å². The molecule has 3 aromatic carbocycles. The molecule has 0 saturated carbocycles. The molecular weight excluding hydrogens is 350 g/mol. The van der Waals surface area contributed by atoms with Crippen LogP contribution in [0.5, 0.6) is 0 Å². The summed E-state index contributed by atoms with van der Waals surface area (Å²) < 4.78 is 27.6. The fraction of sp³-hybridized carbons (Fsp3) is 0.154. The molecule has 2 heteroatoms. The van der Waals surface area contributed by atoms with Gasteiger partial charge in [-0.1, -0.05) is 49.7 Å². The van der Waals surface area contributed by atoms with Crippen molar-refractivity contribution in [2.45, 2.75) is 26.7 Å². The molecule has 3 rings (SSSR count). The Balaban J connectivity index is 1.73. The van der Waals surface area contributed by atoms with Crippen molar-refractivity contribution in [2.75, 3.05) is 0 Å². The molecule has 0 unspecified atom stereocenters. The molecule has 0 aliphatic carbocycles. The standard InChI is InChI=1S/C26H20F2/c1-3-23-15-13-21(17-25(23)27)11-9-19-5-7-20(8-6-19)10-12-22-14-16-24(4-2)26(28)18-22/h5-8,13-18H,3-4H2,1-2H3. The monoisotopic (exact) mass is 370 g/mol. The zero-order chi connectivity index (χ0) is 19.9. The lowest BCUT2D eigenvalue weighted by atomic mass is 10.1. The Morgan fingerprint density at radius 1 is 0.536 bits per heavy atom. The summed E-state index contributed by atoms with van der Waals surface area (Å²) in [6.07, 6.45) is 1.33. The SMILES string of the molecule is CCc1ccc(C#Cc2ccc(C#Cc3ccc(CC)c(F)c3)cc2)cc1F. The van der Waals surface area contributed by atoms with Gasteiger partial charge in [-0.05, 0) is 72.5 Å². The Hall–Kier alpha value is -3.36. The zero-order valence-electron chi connectivity index (χ0n) is 15.9. The van der Waals surface area contributed by atoms with E-state index in [0.717, 1.165) is 11.1 Å². The van der Waals surface area contributed by atoms with E-state index in [2.05, 4.69) is 23.7 Å². The van der Waals surface area contributed by atoms with Gasteiger partial charge in [0.25, 0.3) is 0 Å². The molecule has 3 aromatic rings. The second kappa shape index (κ2) is 9.03. The first-order valence-electron chi connectivity index (χ1n) is 9.30. The predicted molar refractivity (Wildman–Crippen MR) is 110 cm³/mol. The van der Waals surface area contributed by atoms with Crippen LogP contribution in [0.4, 0.5) is 8.78 Å². The molecule has 0 nitrogen and oxygen atoms in total. The third kappa shape index (κ3) is 4.87. The second-order valence-corrected chi connectivity index (χ2v) is 6.40. The topological polar surface area (TPSA) is 0 Å². The summed E-state index contributed by atoms with van der Waals surface area (Å²) in [4.78, 5) is 0. The molecule has 0 fully saturated rings. The molecule has 0 atom stereocenters. The van der Waals surface area contributed by atoms with Crippen LogP contribution in [0.25, 0.3) is 0 Å². The number of halogens is 2. The van der Waals surface area contributed by atoms with Crippen molar-refractivity contribution in [1.29, 1.82) is 0 Å². The minimum atomic E-state index is -0.219. The molecule has 0 aromatic heterocycles. The van der Waals surface area contributed by atoms with Gasteiger partial charge >= 0.3 is 0 Å². The lowest BCUT2D eigenvalue weighted by Gasteiger charge is -1.99. The maximum Gasteiger partial charge on any atom is 0.127 e. The Morgan fingerprint density at radius 3 is 1.18 bits per heavy atom. The van der Waals surface area contributed by atoms with Crippen LogP contribution in [-0.2, 0) is 12.8 Å². The first-order valence-corrected chi connectivity index (χ1v) is 9.30. The molecule has 0 aliphatic heterocycles. The van der Waals surface area contributed by atoms with E-state index in [4.69, 9.17) is 0 Å². The van der Waals surface area contributed by atoms with Crippen molar-refractivity contribution in [2.24, 2.45) is 0 Å². The van der Waals surface area contributed by atoms with Gasteiger partial charge in [-0.15, -0.1) is 0 Å². The number of rotatable bonds is 2. The summed E-state index contributed by atoms with van der Waals surface area (Å²) in [7, 11) is 0. The molecule has 0 spiro atoms. The van der Waals surface area contributed by atoms with E-state index >= 15 is 0 Å². The number of aryl methyl sites for hydroxylation is 2. The Bertz CT molecular complexity index is 1010. The van der Waals surface area contributed by atoms with Gasteiger partial charge in [-0.25, -0.2) is 8.78 Å².